The second-order valence-electron chi connectivity index (χ2n) is 4.85. The maximum absolute atomic E-state index is 11.7. The summed E-state index contributed by atoms with van der Waals surface area (Å²) in [6, 6.07) is 0.0400. The molecule has 0 spiro atoms. The lowest BCUT2D eigenvalue weighted by Gasteiger charge is -2.20. The monoisotopic (exact) mass is 231 g/mol. The van der Waals surface area contributed by atoms with E-state index in [4.69, 9.17) is 5.11 Å². The van der Waals surface area contributed by atoms with Crippen LogP contribution in [0.2, 0.25) is 0 Å². The molecule has 0 heterocycles. The number of carbonyl (C=O) groups excluding carboxylic acids is 1. The van der Waals surface area contributed by atoms with Crippen LogP contribution < -0.4 is 5.32 Å². The van der Waals surface area contributed by atoms with Gasteiger partial charge in [-0.1, -0.05) is 6.92 Å². The first kappa shape index (κ1) is 12.8. The van der Waals surface area contributed by atoms with Crippen LogP contribution in [0.15, 0.2) is 0 Å². The van der Waals surface area contributed by atoms with Crippen LogP contribution in [0.5, 0.6) is 0 Å². The second kappa shape index (κ2) is 5.21. The largest absolute Gasteiger partial charge is 0.396 e. The van der Waals surface area contributed by atoms with E-state index in [0.717, 1.165) is 18.6 Å². The van der Waals surface area contributed by atoms with Gasteiger partial charge in [0, 0.05) is 19.1 Å². The molecule has 0 aromatic rings. The first-order chi connectivity index (χ1) is 7.03. The predicted molar refractivity (Wildman–Crippen MR) is 64.0 cm³/mol. The highest BCUT2D eigenvalue weighted by Gasteiger charge is 2.43. The fourth-order valence-corrected chi connectivity index (χ4v) is 1.94. The Morgan fingerprint density at radius 1 is 1.53 bits per heavy atom. The van der Waals surface area contributed by atoms with Gasteiger partial charge in [-0.3, -0.25) is 4.79 Å². The first-order valence-electron chi connectivity index (χ1n) is 5.54. The van der Waals surface area contributed by atoms with Gasteiger partial charge in [0.2, 0.25) is 5.91 Å². The average Bonchev–Trinajstić information content (AvgIpc) is 2.96. The summed E-state index contributed by atoms with van der Waals surface area (Å²) < 4.78 is 0. The highest BCUT2D eigenvalue weighted by Crippen LogP contribution is 2.49. The molecule has 1 aliphatic carbocycles. The molecule has 1 saturated carbocycles. The van der Waals surface area contributed by atoms with E-state index < -0.39 is 0 Å². The zero-order valence-electron chi connectivity index (χ0n) is 9.49. The van der Waals surface area contributed by atoms with Gasteiger partial charge < -0.3 is 10.4 Å². The number of aliphatic hydroxyl groups excluding tert-OH is 1. The summed E-state index contributed by atoms with van der Waals surface area (Å²) in [5.74, 6) is 0.999. The highest BCUT2D eigenvalue weighted by atomic mass is 32.1. The molecule has 0 radical (unpaired) electrons. The molecule has 88 valence electrons. The van der Waals surface area contributed by atoms with Crippen LogP contribution in [-0.4, -0.2) is 29.4 Å². The minimum Gasteiger partial charge on any atom is -0.396 e. The molecule has 0 saturated heterocycles. The minimum absolute atomic E-state index is 0.0400. The summed E-state index contributed by atoms with van der Waals surface area (Å²) in [7, 11) is 0. The molecule has 1 aliphatic rings. The Morgan fingerprint density at radius 2 is 2.13 bits per heavy atom. The van der Waals surface area contributed by atoms with Crippen molar-refractivity contribution in [3.8, 4) is 0 Å². The van der Waals surface area contributed by atoms with E-state index in [-0.39, 0.29) is 29.9 Å². The SMILES string of the molecule is CC(CO)C(C)NC(=O)CC1(CS)CC1. The highest BCUT2D eigenvalue weighted by molar-refractivity contribution is 7.80. The molecule has 2 N–H and O–H groups in total. The van der Waals surface area contributed by atoms with E-state index in [9.17, 15) is 4.79 Å². The quantitative estimate of drug-likeness (QED) is 0.602. The maximum atomic E-state index is 11.7. The van der Waals surface area contributed by atoms with E-state index >= 15 is 0 Å². The Bertz CT molecular complexity index is 229. The Labute approximate surface area is 97.0 Å². The molecule has 0 bridgehead atoms. The van der Waals surface area contributed by atoms with Crippen molar-refractivity contribution in [2.75, 3.05) is 12.4 Å². The minimum atomic E-state index is 0.0400. The molecule has 1 fully saturated rings. The molecule has 1 rings (SSSR count). The Hall–Kier alpha value is -0.220. The predicted octanol–water partition coefficient (Wildman–Crippen LogP) is 1.22. The topological polar surface area (TPSA) is 49.3 Å². The first-order valence-corrected chi connectivity index (χ1v) is 6.17. The lowest BCUT2D eigenvalue weighted by Crippen LogP contribution is -2.39. The van der Waals surface area contributed by atoms with Crippen molar-refractivity contribution in [1.29, 1.82) is 0 Å². The lowest BCUT2D eigenvalue weighted by molar-refractivity contribution is -0.123. The van der Waals surface area contributed by atoms with Crippen LogP contribution in [0, 0.1) is 11.3 Å². The third kappa shape index (κ3) is 3.68. The molecule has 0 aromatic heterocycles. The van der Waals surface area contributed by atoms with E-state index in [1.165, 1.54) is 0 Å². The normalized spacial score (nSPS) is 21.9. The molecule has 1 amide bonds. The number of nitrogens with one attached hydrogen (secondary N) is 1. The van der Waals surface area contributed by atoms with Gasteiger partial charge in [-0.25, -0.2) is 0 Å². The third-order valence-electron chi connectivity index (χ3n) is 3.36. The van der Waals surface area contributed by atoms with Gasteiger partial charge in [0.05, 0.1) is 0 Å². The Kier molecular flexibility index (Phi) is 4.46. The van der Waals surface area contributed by atoms with Gasteiger partial charge in [0.15, 0.2) is 0 Å². The third-order valence-corrected chi connectivity index (χ3v) is 4.03. The van der Waals surface area contributed by atoms with Gasteiger partial charge in [-0.2, -0.15) is 12.6 Å². The van der Waals surface area contributed by atoms with Crippen molar-refractivity contribution in [2.45, 2.75) is 39.2 Å². The molecule has 0 aliphatic heterocycles. The summed E-state index contributed by atoms with van der Waals surface area (Å²) in [6.07, 6.45) is 2.82. The number of hydrogen-bond donors (Lipinski definition) is 3. The number of amides is 1. The van der Waals surface area contributed by atoms with Crippen LogP contribution in [0.4, 0.5) is 0 Å². The fraction of sp³-hybridized carbons (Fsp3) is 0.909. The number of rotatable bonds is 6. The second-order valence-corrected chi connectivity index (χ2v) is 5.17. The van der Waals surface area contributed by atoms with Crippen LogP contribution in [0.3, 0.4) is 0 Å². The smallest absolute Gasteiger partial charge is 0.220 e. The number of thiol groups is 1. The van der Waals surface area contributed by atoms with Crippen LogP contribution in [-0.2, 0) is 4.79 Å². The Balaban J connectivity index is 2.29. The van der Waals surface area contributed by atoms with Crippen molar-refractivity contribution in [3.63, 3.8) is 0 Å². The summed E-state index contributed by atoms with van der Waals surface area (Å²) in [5.41, 5.74) is 0.176. The van der Waals surface area contributed by atoms with Crippen molar-refractivity contribution in [1.82, 2.24) is 5.32 Å². The van der Waals surface area contributed by atoms with Crippen LogP contribution >= 0.6 is 12.6 Å². The van der Waals surface area contributed by atoms with E-state index in [0.29, 0.717) is 6.42 Å². The van der Waals surface area contributed by atoms with Gasteiger partial charge in [0.1, 0.15) is 0 Å². The average molecular weight is 231 g/mol. The van der Waals surface area contributed by atoms with Crippen molar-refractivity contribution >= 4 is 18.5 Å². The molecule has 2 unspecified atom stereocenters. The van der Waals surface area contributed by atoms with Gasteiger partial charge in [-0.05, 0) is 36.9 Å². The molecule has 4 heteroatoms. The van der Waals surface area contributed by atoms with Gasteiger partial charge in [-0.15, -0.1) is 0 Å². The number of aliphatic hydroxyl groups is 1. The Morgan fingerprint density at radius 3 is 2.53 bits per heavy atom. The molecular formula is C11H21NO2S. The van der Waals surface area contributed by atoms with Crippen LogP contribution in [0.25, 0.3) is 0 Å². The zero-order valence-corrected chi connectivity index (χ0v) is 10.4. The van der Waals surface area contributed by atoms with Gasteiger partial charge in [0.25, 0.3) is 0 Å². The van der Waals surface area contributed by atoms with Crippen molar-refractivity contribution in [3.05, 3.63) is 0 Å². The molecule has 0 aromatic carbocycles. The van der Waals surface area contributed by atoms with E-state index in [2.05, 4.69) is 17.9 Å². The van der Waals surface area contributed by atoms with Crippen molar-refractivity contribution < 1.29 is 9.90 Å². The van der Waals surface area contributed by atoms with Crippen LogP contribution in [0.1, 0.15) is 33.1 Å². The zero-order chi connectivity index (χ0) is 11.5. The summed E-state index contributed by atoms with van der Waals surface area (Å²) >= 11 is 4.27. The number of hydrogen-bond acceptors (Lipinski definition) is 3. The summed E-state index contributed by atoms with van der Waals surface area (Å²) in [5, 5.41) is 11.9. The molecule has 3 nitrogen and oxygen atoms in total. The maximum Gasteiger partial charge on any atom is 0.220 e. The van der Waals surface area contributed by atoms with Gasteiger partial charge >= 0.3 is 0 Å². The summed E-state index contributed by atoms with van der Waals surface area (Å²) in [4.78, 5) is 11.7. The lowest BCUT2D eigenvalue weighted by atomic mass is 10.0. The standard InChI is InChI=1S/C11H21NO2S/c1-8(6-13)9(2)12-10(14)5-11(7-15)3-4-11/h8-9,13,15H,3-7H2,1-2H3,(H,12,14). The summed E-state index contributed by atoms with van der Waals surface area (Å²) in [6.45, 7) is 3.97. The molecule has 15 heavy (non-hydrogen) atoms. The molecule has 2 atom stereocenters. The van der Waals surface area contributed by atoms with E-state index in [1.807, 2.05) is 13.8 Å². The fourth-order valence-electron chi connectivity index (χ4n) is 1.51. The molecular weight excluding hydrogens is 210 g/mol. The van der Waals surface area contributed by atoms with Crippen molar-refractivity contribution in [2.24, 2.45) is 11.3 Å². The van der Waals surface area contributed by atoms with E-state index in [1.54, 1.807) is 0 Å². The number of carbonyl (C=O) groups is 1.